The zero-order valence-electron chi connectivity index (χ0n) is 13.7. The summed E-state index contributed by atoms with van der Waals surface area (Å²) < 4.78 is 1.79. The number of nitrogens with zero attached hydrogens (tertiary/aromatic N) is 3. The predicted octanol–water partition coefficient (Wildman–Crippen LogP) is 2.16. The summed E-state index contributed by atoms with van der Waals surface area (Å²) in [6.45, 7) is 3.81. The number of hydrogen-bond donors (Lipinski definition) is 1. The Kier molecular flexibility index (Phi) is 4.78. The van der Waals surface area contributed by atoms with Crippen molar-refractivity contribution in [3.05, 3.63) is 72.1 Å². The van der Waals surface area contributed by atoms with E-state index in [1.165, 1.54) is 17.1 Å². The number of nitrogens with one attached hydrogen (secondary N) is 1. The number of benzene rings is 1. The van der Waals surface area contributed by atoms with Gasteiger partial charge in [0.1, 0.15) is 5.57 Å². The van der Waals surface area contributed by atoms with Crippen molar-refractivity contribution in [1.29, 1.82) is 5.26 Å². The van der Waals surface area contributed by atoms with E-state index >= 15 is 0 Å². The van der Waals surface area contributed by atoms with Crippen LogP contribution in [0.25, 0.3) is 11.8 Å². The second-order valence-electron chi connectivity index (χ2n) is 5.49. The van der Waals surface area contributed by atoms with E-state index in [9.17, 15) is 9.59 Å². The van der Waals surface area contributed by atoms with Gasteiger partial charge in [-0.05, 0) is 48.6 Å². The molecule has 0 aliphatic carbocycles. The molecule has 2 aromatic rings. The van der Waals surface area contributed by atoms with Gasteiger partial charge in [-0.3, -0.25) is 19.8 Å². The van der Waals surface area contributed by atoms with Gasteiger partial charge in [0, 0.05) is 24.1 Å². The normalized spacial score (nSPS) is 15.7. The van der Waals surface area contributed by atoms with E-state index in [1.807, 2.05) is 6.07 Å². The summed E-state index contributed by atoms with van der Waals surface area (Å²) in [7, 11) is 0. The summed E-state index contributed by atoms with van der Waals surface area (Å²) in [5.74, 6) is -1.02. The van der Waals surface area contributed by atoms with Crippen LogP contribution in [0.5, 0.6) is 0 Å². The van der Waals surface area contributed by atoms with Crippen LogP contribution in [0.4, 0.5) is 0 Å². The molecule has 2 amide bonds. The average Bonchev–Trinajstić information content (AvgIpc) is 3.10. The predicted molar refractivity (Wildman–Crippen MR) is 101 cm³/mol. The number of nitriles is 1. The van der Waals surface area contributed by atoms with Gasteiger partial charge in [0.15, 0.2) is 5.11 Å². The number of thiocarbonyl (C=S) groups is 1. The SMILES string of the molecule is C=CCN1C(=O)C(=Cc2cccn2-c2cccc(C#N)c2)C(=O)NC1=S. The highest BCUT2D eigenvalue weighted by atomic mass is 32.1. The molecular weight excluding hydrogens is 348 g/mol. The smallest absolute Gasteiger partial charge is 0.266 e. The Morgan fingerprint density at radius 3 is 2.81 bits per heavy atom. The van der Waals surface area contributed by atoms with Crippen LogP contribution in [0, 0.1) is 11.3 Å². The van der Waals surface area contributed by atoms with Crippen LogP contribution in [0.3, 0.4) is 0 Å². The highest BCUT2D eigenvalue weighted by molar-refractivity contribution is 7.80. The first kappa shape index (κ1) is 17.3. The van der Waals surface area contributed by atoms with Crippen LogP contribution in [0.1, 0.15) is 11.3 Å². The van der Waals surface area contributed by atoms with Gasteiger partial charge in [-0.25, -0.2) is 0 Å². The number of aromatic nitrogens is 1. The third kappa shape index (κ3) is 3.18. The maximum absolute atomic E-state index is 12.6. The summed E-state index contributed by atoms with van der Waals surface area (Å²) in [5.41, 5.74) is 1.88. The van der Waals surface area contributed by atoms with Gasteiger partial charge in [0.25, 0.3) is 11.8 Å². The van der Waals surface area contributed by atoms with Crippen LogP contribution in [-0.2, 0) is 9.59 Å². The fraction of sp³-hybridized carbons (Fsp3) is 0.0526. The van der Waals surface area contributed by atoms with E-state index in [-0.39, 0.29) is 17.2 Å². The van der Waals surface area contributed by atoms with Crippen molar-refractivity contribution in [2.75, 3.05) is 6.54 Å². The molecule has 0 saturated carbocycles. The molecule has 2 heterocycles. The van der Waals surface area contributed by atoms with Gasteiger partial charge in [0.05, 0.1) is 11.6 Å². The molecule has 0 radical (unpaired) electrons. The van der Waals surface area contributed by atoms with Crippen LogP contribution in [0.2, 0.25) is 0 Å². The molecule has 7 heteroatoms. The fourth-order valence-electron chi connectivity index (χ4n) is 2.61. The molecule has 1 aromatic heterocycles. The van der Waals surface area contributed by atoms with Gasteiger partial charge in [-0.15, -0.1) is 6.58 Å². The molecule has 6 nitrogen and oxygen atoms in total. The first-order chi connectivity index (χ1) is 12.5. The molecule has 26 heavy (non-hydrogen) atoms. The average molecular weight is 362 g/mol. The molecule has 1 aliphatic heterocycles. The van der Waals surface area contributed by atoms with Gasteiger partial charge in [-0.1, -0.05) is 12.1 Å². The van der Waals surface area contributed by atoms with Gasteiger partial charge >= 0.3 is 0 Å². The minimum Gasteiger partial charge on any atom is -0.317 e. The third-order valence-electron chi connectivity index (χ3n) is 3.82. The van der Waals surface area contributed by atoms with Crippen molar-refractivity contribution in [3.8, 4) is 11.8 Å². The molecule has 0 spiro atoms. The summed E-state index contributed by atoms with van der Waals surface area (Å²) in [4.78, 5) is 26.1. The summed E-state index contributed by atoms with van der Waals surface area (Å²) in [6.07, 6.45) is 4.84. The first-order valence-electron chi connectivity index (χ1n) is 7.73. The minimum atomic E-state index is -0.543. The Labute approximate surface area is 155 Å². The highest BCUT2D eigenvalue weighted by Gasteiger charge is 2.32. The molecular formula is C19H14N4O2S. The maximum Gasteiger partial charge on any atom is 0.266 e. The molecule has 1 aliphatic rings. The van der Waals surface area contributed by atoms with E-state index in [0.717, 1.165) is 5.69 Å². The molecule has 0 unspecified atom stereocenters. The Morgan fingerprint density at radius 1 is 1.27 bits per heavy atom. The van der Waals surface area contributed by atoms with Crippen molar-refractivity contribution in [3.63, 3.8) is 0 Å². The lowest BCUT2D eigenvalue weighted by Crippen LogP contribution is -2.53. The maximum atomic E-state index is 12.6. The lowest BCUT2D eigenvalue weighted by molar-refractivity contribution is -0.128. The summed E-state index contributed by atoms with van der Waals surface area (Å²) >= 11 is 5.04. The number of rotatable bonds is 4. The number of hydrogen-bond acceptors (Lipinski definition) is 4. The Bertz CT molecular complexity index is 997. The monoisotopic (exact) mass is 362 g/mol. The highest BCUT2D eigenvalue weighted by Crippen LogP contribution is 2.19. The van der Waals surface area contributed by atoms with Crippen molar-refractivity contribution < 1.29 is 9.59 Å². The van der Waals surface area contributed by atoms with Crippen LogP contribution < -0.4 is 5.32 Å². The lowest BCUT2D eigenvalue weighted by Gasteiger charge is -2.27. The number of amides is 2. The molecule has 1 N–H and O–H groups in total. The third-order valence-corrected chi connectivity index (χ3v) is 4.15. The van der Waals surface area contributed by atoms with Crippen LogP contribution in [0.15, 0.2) is 60.8 Å². The van der Waals surface area contributed by atoms with E-state index in [2.05, 4.69) is 18.0 Å². The lowest BCUT2D eigenvalue weighted by atomic mass is 10.1. The topological polar surface area (TPSA) is 78.1 Å². The zero-order chi connectivity index (χ0) is 18.7. The van der Waals surface area contributed by atoms with Gasteiger partial charge < -0.3 is 4.57 Å². The summed E-state index contributed by atoms with van der Waals surface area (Å²) in [5, 5.41) is 11.6. The quantitative estimate of drug-likeness (QED) is 0.391. The van der Waals surface area contributed by atoms with Crippen LogP contribution in [-0.4, -0.2) is 32.9 Å². The van der Waals surface area contributed by atoms with E-state index in [4.69, 9.17) is 17.5 Å². The standard InChI is InChI=1S/C19H14N4O2S/c1-2-8-23-18(25)16(17(24)21-19(23)26)11-15-7-4-9-22(15)14-6-3-5-13(10-14)12-20/h2-7,9-11H,1,8H2,(H,21,24,26). The van der Waals surface area contributed by atoms with Crippen LogP contribution >= 0.6 is 12.2 Å². The largest absolute Gasteiger partial charge is 0.317 e. The van der Waals surface area contributed by atoms with Crippen molar-refractivity contribution in [2.45, 2.75) is 0 Å². The second kappa shape index (κ2) is 7.17. The first-order valence-corrected chi connectivity index (χ1v) is 8.13. The molecule has 0 bridgehead atoms. The van der Waals surface area contributed by atoms with E-state index in [0.29, 0.717) is 11.3 Å². The van der Waals surface area contributed by atoms with Crippen molar-refractivity contribution in [1.82, 2.24) is 14.8 Å². The second-order valence-corrected chi connectivity index (χ2v) is 5.87. The molecule has 0 atom stereocenters. The molecule has 128 valence electrons. The van der Waals surface area contributed by atoms with Crippen molar-refractivity contribution in [2.24, 2.45) is 0 Å². The molecule has 1 aromatic carbocycles. The zero-order valence-corrected chi connectivity index (χ0v) is 14.5. The van der Waals surface area contributed by atoms with Gasteiger partial charge in [0.2, 0.25) is 0 Å². The minimum absolute atomic E-state index is 0.0168. The van der Waals surface area contributed by atoms with E-state index in [1.54, 1.807) is 41.1 Å². The van der Waals surface area contributed by atoms with E-state index < -0.39 is 11.8 Å². The number of carbonyl (C=O) groups excluding carboxylic acids is 2. The van der Waals surface area contributed by atoms with Crippen molar-refractivity contribution >= 4 is 35.2 Å². The fourth-order valence-corrected chi connectivity index (χ4v) is 2.86. The summed E-state index contributed by atoms with van der Waals surface area (Å²) in [6, 6.07) is 12.7. The molecule has 1 saturated heterocycles. The van der Waals surface area contributed by atoms with Gasteiger partial charge in [-0.2, -0.15) is 5.26 Å². The molecule has 3 rings (SSSR count). The Morgan fingerprint density at radius 2 is 2.08 bits per heavy atom. The number of carbonyl (C=O) groups is 2. The Balaban J connectivity index is 2.03. The Hall–Kier alpha value is -3.50. The molecule has 1 fully saturated rings.